The van der Waals surface area contributed by atoms with Gasteiger partial charge in [0.25, 0.3) is 15.9 Å². The molecule has 184 valence electrons. The third-order valence-electron chi connectivity index (χ3n) is 5.66. The minimum atomic E-state index is -3.94. The molecule has 4 N–H and O–H groups in total. The van der Waals surface area contributed by atoms with E-state index in [1.165, 1.54) is 30.3 Å². The summed E-state index contributed by atoms with van der Waals surface area (Å²) in [7, 11) is -3.94. The van der Waals surface area contributed by atoms with Crippen LogP contribution in [-0.2, 0) is 21.2 Å². The number of aliphatic hydroxyl groups is 1. The highest BCUT2D eigenvalue weighted by molar-refractivity contribution is 7.92. The van der Waals surface area contributed by atoms with Crippen LogP contribution in [0.5, 0.6) is 0 Å². The molecule has 0 saturated carbocycles. The molecule has 0 aliphatic carbocycles. The summed E-state index contributed by atoms with van der Waals surface area (Å²) in [6.07, 6.45) is -1.74. The molecule has 0 radical (unpaired) electrons. The molecule has 9 heteroatoms. The highest BCUT2D eigenvalue weighted by atomic mass is 32.2. The van der Waals surface area contributed by atoms with Crippen molar-refractivity contribution < 1.29 is 28.2 Å². The van der Waals surface area contributed by atoms with E-state index >= 15 is 0 Å². The van der Waals surface area contributed by atoms with Crippen molar-refractivity contribution in [2.75, 3.05) is 4.72 Å². The molecular weight excluding hydrogens is 480 g/mol. The van der Waals surface area contributed by atoms with Gasteiger partial charge in [0.2, 0.25) is 0 Å². The predicted octanol–water partition coefficient (Wildman–Crippen LogP) is 3.43. The van der Waals surface area contributed by atoms with Gasteiger partial charge in [0.1, 0.15) is 0 Å². The third-order valence-corrected chi connectivity index (χ3v) is 7.04. The van der Waals surface area contributed by atoms with Gasteiger partial charge in [-0.15, -0.1) is 0 Å². The van der Waals surface area contributed by atoms with Crippen molar-refractivity contribution in [2.24, 2.45) is 0 Å². The molecule has 8 nitrogen and oxygen atoms in total. The first-order chi connectivity index (χ1) is 17.2. The first-order valence-corrected chi connectivity index (χ1v) is 12.6. The van der Waals surface area contributed by atoms with Gasteiger partial charge < -0.3 is 15.5 Å². The number of carbonyl (C=O) groups is 2. The van der Waals surface area contributed by atoms with Gasteiger partial charge in [-0.3, -0.25) is 9.52 Å². The number of benzene rings is 4. The summed E-state index contributed by atoms with van der Waals surface area (Å²) in [5.41, 5.74) is 0.999. The third kappa shape index (κ3) is 5.88. The van der Waals surface area contributed by atoms with Crippen LogP contribution in [0.2, 0.25) is 0 Å². The van der Waals surface area contributed by atoms with Gasteiger partial charge in [0, 0.05) is 11.3 Å². The Hall–Kier alpha value is -4.21. The average Bonchev–Trinajstić information content (AvgIpc) is 2.88. The van der Waals surface area contributed by atoms with E-state index < -0.39 is 34.0 Å². The molecule has 1 amide bonds. The average molecular weight is 505 g/mol. The minimum absolute atomic E-state index is 0.0727. The second kappa shape index (κ2) is 10.6. The Morgan fingerprint density at radius 3 is 2.22 bits per heavy atom. The minimum Gasteiger partial charge on any atom is -0.479 e. The summed E-state index contributed by atoms with van der Waals surface area (Å²) < 4.78 is 28.4. The van der Waals surface area contributed by atoms with Crippen LogP contribution in [0.25, 0.3) is 10.8 Å². The zero-order valence-corrected chi connectivity index (χ0v) is 19.9. The standard InChI is InChI=1S/C27H24N2O6S/c30-25(27(32)33)24(15-18-7-2-1-3-8-18)28-26(31)21-11-6-12-22(16-21)29-36(34,35)23-14-13-19-9-4-5-10-20(19)17-23/h1-14,16-17,24-25,29-30H,15H2,(H,28,31)(H,32,33)/t24?,25-/m0/s1. The number of sulfonamides is 1. The van der Waals surface area contributed by atoms with Gasteiger partial charge in [-0.1, -0.05) is 66.7 Å². The van der Waals surface area contributed by atoms with Crippen LogP contribution >= 0.6 is 0 Å². The molecule has 1 unspecified atom stereocenters. The number of carboxylic acid groups (broad SMARTS) is 1. The van der Waals surface area contributed by atoms with Crippen molar-refractivity contribution in [3.8, 4) is 0 Å². The largest absolute Gasteiger partial charge is 0.479 e. The molecule has 0 aliphatic heterocycles. The van der Waals surface area contributed by atoms with Crippen LogP contribution in [0, 0.1) is 0 Å². The van der Waals surface area contributed by atoms with Gasteiger partial charge in [-0.25, -0.2) is 13.2 Å². The molecule has 36 heavy (non-hydrogen) atoms. The maximum absolute atomic E-state index is 13.0. The van der Waals surface area contributed by atoms with Gasteiger partial charge >= 0.3 is 5.97 Å². The van der Waals surface area contributed by atoms with Gasteiger partial charge in [0.15, 0.2) is 6.10 Å². The number of aliphatic carboxylic acids is 1. The first-order valence-electron chi connectivity index (χ1n) is 11.1. The number of anilines is 1. The fourth-order valence-electron chi connectivity index (χ4n) is 3.81. The molecule has 4 aromatic carbocycles. The van der Waals surface area contributed by atoms with Gasteiger partial charge in [-0.2, -0.15) is 0 Å². The zero-order chi connectivity index (χ0) is 25.7. The van der Waals surface area contributed by atoms with E-state index in [2.05, 4.69) is 10.0 Å². The van der Waals surface area contributed by atoms with Crippen LogP contribution < -0.4 is 10.0 Å². The Bertz CT molecular complexity index is 1510. The number of fused-ring (bicyclic) bond motifs is 1. The van der Waals surface area contributed by atoms with Crippen LogP contribution in [0.1, 0.15) is 15.9 Å². The first kappa shape index (κ1) is 24.9. The van der Waals surface area contributed by atoms with E-state index in [0.29, 0.717) is 0 Å². The Balaban J connectivity index is 1.53. The summed E-state index contributed by atoms with van der Waals surface area (Å²) in [5.74, 6) is -2.11. The van der Waals surface area contributed by atoms with Crippen LogP contribution in [0.4, 0.5) is 5.69 Å². The monoisotopic (exact) mass is 504 g/mol. The lowest BCUT2D eigenvalue weighted by atomic mass is 10.0. The Morgan fingerprint density at radius 1 is 0.806 bits per heavy atom. The molecule has 0 saturated heterocycles. The normalized spacial score (nSPS) is 13.0. The van der Waals surface area contributed by atoms with Crippen molar-refractivity contribution >= 4 is 38.4 Å². The van der Waals surface area contributed by atoms with Crippen LogP contribution in [0.3, 0.4) is 0 Å². The fourth-order valence-corrected chi connectivity index (χ4v) is 4.89. The molecule has 4 rings (SSSR count). The molecule has 0 bridgehead atoms. The molecular formula is C27H24N2O6S. The number of rotatable bonds is 9. The van der Waals surface area contributed by atoms with E-state index in [9.17, 15) is 28.2 Å². The summed E-state index contributed by atoms with van der Waals surface area (Å²) >= 11 is 0. The lowest BCUT2D eigenvalue weighted by Crippen LogP contribution is -2.48. The number of nitrogens with one attached hydrogen (secondary N) is 2. The number of carboxylic acids is 1. The van der Waals surface area contributed by atoms with E-state index in [0.717, 1.165) is 16.3 Å². The van der Waals surface area contributed by atoms with Gasteiger partial charge in [-0.05, 0) is 53.1 Å². The molecule has 2 atom stereocenters. The predicted molar refractivity (Wildman–Crippen MR) is 136 cm³/mol. The summed E-state index contributed by atoms with van der Waals surface area (Å²) in [6, 6.07) is 25.8. The quantitative estimate of drug-likeness (QED) is 0.276. The van der Waals surface area contributed by atoms with E-state index in [-0.39, 0.29) is 22.6 Å². The topological polar surface area (TPSA) is 133 Å². The number of amides is 1. The van der Waals surface area contributed by atoms with Crippen molar-refractivity contribution in [1.29, 1.82) is 0 Å². The molecule has 4 aromatic rings. The molecule has 0 fully saturated rings. The van der Waals surface area contributed by atoms with Gasteiger partial charge in [0.05, 0.1) is 10.9 Å². The zero-order valence-electron chi connectivity index (χ0n) is 19.0. The molecule has 0 spiro atoms. The summed E-state index contributed by atoms with van der Waals surface area (Å²) in [4.78, 5) is 24.4. The number of carbonyl (C=O) groups excluding carboxylic acids is 1. The second-order valence-electron chi connectivity index (χ2n) is 8.25. The summed E-state index contributed by atoms with van der Waals surface area (Å²) in [6.45, 7) is 0. The van der Waals surface area contributed by atoms with Crippen LogP contribution in [0.15, 0.2) is 102 Å². The Morgan fingerprint density at radius 2 is 1.50 bits per heavy atom. The maximum Gasteiger partial charge on any atom is 0.334 e. The van der Waals surface area contributed by atoms with E-state index in [4.69, 9.17) is 0 Å². The van der Waals surface area contributed by atoms with Crippen molar-refractivity contribution in [1.82, 2.24) is 5.32 Å². The number of aliphatic hydroxyl groups excluding tert-OH is 1. The molecule has 0 heterocycles. The van der Waals surface area contributed by atoms with Crippen molar-refractivity contribution in [3.63, 3.8) is 0 Å². The lowest BCUT2D eigenvalue weighted by Gasteiger charge is -2.22. The van der Waals surface area contributed by atoms with Crippen molar-refractivity contribution in [2.45, 2.75) is 23.5 Å². The van der Waals surface area contributed by atoms with E-state index in [1.807, 2.05) is 24.3 Å². The highest BCUT2D eigenvalue weighted by Crippen LogP contribution is 2.22. The Kier molecular flexibility index (Phi) is 7.33. The van der Waals surface area contributed by atoms with Crippen molar-refractivity contribution in [3.05, 3.63) is 108 Å². The smallest absolute Gasteiger partial charge is 0.334 e. The Labute approximate surface area is 208 Å². The maximum atomic E-state index is 13.0. The molecule has 0 aromatic heterocycles. The lowest BCUT2D eigenvalue weighted by molar-refractivity contribution is -0.148. The second-order valence-corrected chi connectivity index (χ2v) is 9.93. The highest BCUT2D eigenvalue weighted by Gasteiger charge is 2.28. The van der Waals surface area contributed by atoms with E-state index in [1.54, 1.807) is 42.5 Å². The SMILES string of the molecule is O=C(NC(Cc1ccccc1)[C@H](O)C(=O)O)c1cccc(NS(=O)(=O)c2ccc3ccccc3c2)c1. The molecule has 0 aliphatic rings. The number of hydrogen-bond acceptors (Lipinski definition) is 5. The fraction of sp³-hybridized carbons (Fsp3) is 0.111. The number of hydrogen-bond donors (Lipinski definition) is 4. The van der Waals surface area contributed by atoms with Crippen LogP contribution in [-0.4, -0.2) is 42.7 Å². The summed E-state index contributed by atoms with van der Waals surface area (Å²) in [5, 5.41) is 23.7.